The van der Waals surface area contributed by atoms with E-state index in [0.29, 0.717) is 31.1 Å². The number of hydrogen-bond donors (Lipinski definition) is 1. The number of benzene rings is 1. The summed E-state index contributed by atoms with van der Waals surface area (Å²) in [5.74, 6) is 0.198. The molecule has 2 N–H and O–H groups in total. The molecule has 1 aromatic carbocycles. The number of halogens is 1. The quantitative estimate of drug-likeness (QED) is 0.789. The summed E-state index contributed by atoms with van der Waals surface area (Å²) in [6, 6.07) is 6.73. The van der Waals surface area contributed by atoms with Crippen molar-refractivity contribution in [3.63, 3.8) is 0 Å². The van der Waals surface area contributed by atoms with E-state index in [-0.39, 0.29) is 5.82 Å². The lowest BCUT2D eigenvalue weighted by Gasteiger charge is -2.23. The first kappa shape index (κ1) is 14.5. The summed E-state index contributed by atoms with van der Waals surface area (Å²) >= 11 is 0. The Kier molecular flexibility index (Phi) is 5.60. The van der Waals surface area contributed by atoms with Gasteiger partial charge in [0, 0.05) is 31.7 Å². The van der Waals surface area contributed by atoms with Crippen molar-refractivity contribution < 1.29 is 4.39 Å². The molecule has 0 aliphatic rings. The van der Waals surface area contributed by atoms with Crippen molar-refractivity contribution in [2.24, 2.45) is 5.92 Å². The second-order valence-corrected chi connectivity index (χ2v) is 4.93. The van der Waals surface area contributed by atoms with Crippen LogP contribution in [0.2, 0.25) is 0 Å². The van der Waals surface area contributed by atoms with Gasteiger partial charge in [0.05, 0.1) is 6.07 Å². The van der Waals surface area contributed by atoms with Gasteiger partial charge in [-0.15, -0.1) is 0 Å². The molecule has 18 heavy (non-hydrogen) atoms. The molecule has 4 heteroatoms. The van der Waals surface area contributed by atoms with E-state index in [0.717, 1.165) is 12.1 Å². The standard InChI is InChI=1S/C14H20FN3/c1-11(2)9-18(5-3-4-16)10-12-6-13(15)8-14(17)7-12/h6-8,11H,3,5,9-10,17H2,1-2H3. The third kappa shape index (κ3) is 5.15. The van der Waals surface area contributed by atoms with Gasteiger partial charge >= 0.3 is 0 Å². The van der Waals surface area contributed by atoms with E-state index in [2.05, 4.69) is 24.8 Å². The van der Waals surface area contributed by atoms with Gasteiger partial charge in [0.15, 0.2) is 0 Å². The smallest absolute Gasteiger partial charge is 0.125 e. The second-order valence-electron chi connectivity index (χ2n) is 4.93. The van der Waals surface area contributed by atoms with Crippen molar-refractivity contribution in [1.82, 2.24) is 4.90 Å². The Morgan fingerprint density at radius 1 is 1.39 bits per heavy atom. The Balaban J connectivity index is 2.72. The summed E-state index contributed by atoms with van der Waals surface area (Å²) in [7, 11) is 0. The molecule has 0 fully saturated rings. The van der Waals surface area contributed by atoms with Crippen molar-refractivity contribution in [2.45, 2.75) is 26.8 Å². The van der Waals surface area contributed by atoms with Crippen molar-refractivity contribution in [1.29, 1.82) is 5.26 Å². The topological polar surface area (TPSA) is 53.0 Å². The highest BCUT2D eigenvalue weighted by Crippen LogP contribution is 2.14. The number of nitrogens with two attached hydrogens (primary N) is 1. The first-order valence-electron chi connectivity index (χ1n) is 6.15. The van der Waals surface area contributed by atoms with Crippen molar-refractivity contribution in [3.05, 3.63) is 29.6 Å². The number of hydrogen-bond acceptors (Lipinski definition) is 3. The van der Waals surface area contributed by atoms with Crippen LogP contribution >= 0.6 is 0 Å². The van der Waals surface area contributed by atoms with Gasteiger partial charge in [-0.05, 0) is 29.7 Å². The molecule has 0 bridgehead atoms. The summed E-state index contributed by atoms with van der Waals surface area (Å²) in [5, 5.41) is 8.65. The third-order valence-corrected chi connectivity index (χ3v) is 2.55. The maximum absolute atomic E-state index is 13.2. The van der Waals surface area contributed by atoms with Gasteiger partial charge in [-0.1, -0.05) is 13.8 Å². The van der Waals surface area contributed by atoms with Crippen LogP contribution in [0.1, 0.15) is 25.8 Å². The summed E-state index contributed by atoms with van der Waals surface area (Å²) in [5.41, 5.74) is 6.92. The van der Waals surface area contributed by atoms with Crippen molar-refractivity contribution >= 4 is 5.69 Å². The maximum atomic E-state index is 13.2. The Hall–Kier alpha value is -1.60. The van der Waals surface area contributed by atoms with Crippen LogP contribution < -0.4 is 5.73 Å². The zero-order valence-electron chi connectivity index (χ0n) is 11.0. The van der Waals surface area contributed by atoms with E-state index < -0.39 is 0 Å². The molecule has 0 aliphatic carbocycles. The van der Waals surface area contributed by atoms with Crippen LogP contribution in [0, 0.1) is 23.1 Å². The molecule has 0 aromatic heterocycles. The summed E-state index contributed by atoms with van der Waals surface area (Å²) in [6.07, 6.45) is 0.484. The van der Waals surface area contributed by atoms with E-state index in [1.54, 1.807) is 6.07 Å². The van der Waals surface area contributed by atoms with Crippen LogP contribution in [-0.2, 0) is 6.54 Å². The molecule has 1 rings (SSSR count). The first-order valence-corrected chi connectivity index (χ1v) is 6.15. The Bertz CT molecular complexity index is 403. The lowest BCUT2D eigenvalue weighted by molar-refractivity contribution is 0.241. The first-order chi connectivity index (χ1) is 8.51. The van der Waals surface area contributed by atoms with Gasteiger partial charge < -0.3 is 5.73 Å². The zero-order chi connectivity index (χ0) is 13.5. The molecule has 0 atom stereocenters. The minimum atomic E-state index is -0.310. The minimum absolute atomic E-state index is 0.310. The fourth-order valence-electron chi connectivity index (χ4n) is 1.98. The predicted octanol–water partition coefficient (Wildman–Crippen LogP) is 2.78. The number of nitriles is 1. The number of anilines is 1. The van der Waals surface area contributed by atoms with E-state index in [4.69, 9.17) is 11.0 Å². The lowest BCUT2D eigenvalue weighted by atomic mass is 10.1. The Morgan fingerprint density at radius 2 is 2.11 bits per heavy atom. The molecule has 0 saturated heterocycles. The van der Waals surface area contributed by atoms with Gasteiger partial charge in [-0.2, -0.15) is 5.26 Å². The Labute approximate surface area is 108 Å². The van der Waals surface area contributed by atoms with Crippen LogP contribution in [0.25, 0.3) is 0 Å². The molecular weight excluding hydrogens is 229 g/mol. The molecule has 0 amide bonds. The molecule has 1 aromatic rings. The molecule has 0 saturated carbocycles. The van der Waals surface area contributed by atoms with Crippen molar-refractivity contribution in [2.75, 3.05) is 18.8 Å². The predicted molar refractivity (Wildman–Crippen MR) is 71.2 cm³/mol. The molecule has 0 unspecified atom stereocenters. The minimum Gasteiger partial charge on any atom is -0.399 e. The number of nitrogen functional groups attached to an aromatic ring is 1. The third-order valence-electron chi connectivity index (χ3n) is 2.55. The molecular formula is C14H20FN3. The van der Waals surface area contributed by atoms with Gasteiger partial charge in [0.2, 0.25) is 0 Å². The maximum Gasteiger partial charge on any atom is 0.125 e. The average Bonchev–Trinajstić information content (AvgIpc) is 2.23. The molecule has 0 aliphatic heterocycles. The van der Waals surface area contributed by atoms with E-state index in [1.165, 1.54) is 12.1 Å². The monoisotopic (exact) mass is 249 g/mol. The van der Waals surface area contributed by atoms with E-state index in [1.807, 2.05) is 0 Å². The van der Waals surface area contributed by atoms with Crippen LogP contribution in [0.15, 0.2) is 18.2 Å². The molecule has 0 heterocycles. The highest BCUT2D eigenvalue weighted by molar-refractivity contribution is 5.41. The highest BCUT2D eigenvalue weighted by atomic mass is 19.1. The van der Waals surface area contributed by atoms with E-state index in [9.17, 15) is 4.39 Å². The number of rotatable bonds is 6. The summed E-state index contributed by atoms with van der Waals surface area (Å²) in [6.45, 7) is 6.46. The lowest BCUT2D eigenvalue weighted by Crippen LogP contribution is -2.28. The van der Waals surface area contributed by atoms with Gasteiger partial charge in [-0.3, -0.25) is 4.90 Å². The van der Waals surface area contributed by atoms with Gasteiger partial charge in [0.25, 0.3) is 0 Å². The van der Waals surface area contributed by atoms with Crippen LogP contribution in [-0.4, -0.2) is 18.0 Å². The van der Waals surface area contributed by atoms with Crippen LogP contribution in [0.3, 0.4) is 0 Å². The fraction of sp³-hybridized carbons (Fsp3) is 0.500. The molecule has 3 nitrogen and oxygen atoms in total. The van der Waals surface area contributed by atoms with Crippen LogP contribution in [0.5, 0.6) is 0 Å². The van der Waals surface area contributed by atoms with E-state index >= 15 is 0 Å². The van der Waals surface area contributed by atoms with Crippen molar-refractivity contribution in [3.8, 4) is 6.07 Å². The highest BCUT2D eigenvalue weighted by Gasteiger charge is 2.09. The zero-order valence-corrected chi connectivity index (χ0v) is 11.0. The molecule has 0 spiro atoms. The average molecular weight is 249 g/mol. The fourth-order valence-corrected chi connectivity index (χ4v) is 1.98. The molecule has 98 valence electrons. The summed E-state index contributed by atoms with van der Waals surface area (Å²) in [4.78, 5) is 2.15. The van der Waals surface area contributed by atoms with Crippen LogP contribution in [0.4, 0.5) is 10.1 Å². The normalized spacial score (nSPS) is 10.9. The summed E-state index contributed by atoms with van der Waals surface area (Å²) < 4.78 is 13.2. The number of nitrogens with zero attached hydrogens (tertiary/aromatic N) is 2. The largest absolute Gasteiger partial charge is 0.399 e. The second kappa shape index (κ2) is 6.97. The van der Waals surface area contributed by atoms with Gasteiger partial charge in [0.1, 0.15) is 5.82 Å². The SMILES string of the molecule is CC(C)CN(CCC#N)Cc1cc(N)cc(F)c1. The molecule has 0 radical (unpaired) electrons. The van der Waals surface area contributed by atoms with Gasteiger partial charge in [-0.25, -0.2) is 4.39 Å². The Morgan fingerprint density at radius 3 is 2.67 bits per heavy atom.